The molecule has 20 heteroatoms. The van der Waals surface area contributed by atoms with Crippen molar-refractivity contribution in [3.8, 4) is 0 Å². The van der Waals surface area contributed by atoms with E-state index in [0.717, 1.165) is 0 Å². The molecule has 0 bridgehead atoms. The van der Waals surface area contributed by atoms with Gasteiger partial charge in [-0.2, -0.15) is 0 Å². The first-order valence-electron chi connectivity index (χ1n) is 13.1. The number of rotatable bonds is 39. The van der Waals surface area contributed by atoms with E-state index in [1.807, 2.05) is 0 Å². The summed E-state index contributed by atoms with van der Waals surface area (Å²) in [5.74, 6) is 0. The highest BCUT2D eigenvalue weighted by Gasteiger charge is 1.98. The number of ether oxygens (including phenoxy) is 2. The molecule has 42 heavy (non-hydrogen) atoms. The zero-order valence-electron chi connectivity index (χ0n) is 24.3. The summed E-state index contributed by atoms with van der Waals surface area (Å²) in [6.45, 7) is 4.16. The van der Waals surface area contributed by atoms with Crippen molar-refractivity contribution in [1.29, 1.82) is 0 Å². The van der Waals surface area contributed by atoms with Crippen LogP contribution in [0.4, 0.5) is 0 Å². The molecule has 0 rings (SSSR count). The Hall–Kier alpha value is -0.800. The first-order valence-corrected chi connectivity index (χ1v) is 13.1. The van der Waals surface area contributed by atoms with Crippen LogP contribution in [-0.2, 0) is 97.5 Å². The van der Waals surface area contributed by atoms with Gasteiger partial charge in [0.25, 0.3) is 0 Å². The van der Waals surface area contributed by atoms with Crippen LogP contribution in [0, 0.1) is 0 Å². The molecule has 0 aromatic carbocycles. The van der Waals surface area contributed by atoms with Gasteiger partial charge in [-0.3, -0.25) is 0 Å². The van der Waals surface area contributed by atoms with Gasteiger partial charge in [0.15, 0.2) is 0 Å². The maximum Gasteiger partial charge on any atom is 0.109 e. The molecule has 0 aliphatic rings. The fourth-order valence-corrected chi connectivity index (χ4v) is 1.84. The van der Waals surface area contributed by atoms with Crippen molar-refractivity contribution in [1.82, 2.24) is 0 Å². The van der Waals surface area contributed by atoms with Gasteiger partial charge in [0.1, 0.15) is 119 Å². The lowest BCUT2D eigenvalue weighted by molar-refractivity contribution is -0.378. The van der Waals surface area contributed by atoms with Gasteiger partial charge in [-0.1, -0.05) is 0 Å². The lowest BCUT2D eigenvalue weighted by atomic mass is 10.8. The van der Waals surface area contributed by atoms with Crippen LogP contribution < -0.4 is 0 Å². The van der Waals surface area contributed by atoms with Gasteiger partial charge < -0.3 is 9.47 Å². The SMILES string of the molecule is COCCOOCCOOCCOOCCOOCCOOCCOOCCOOCCOOCCOOCCOC. The summed E-state index contributed by atoms with van der Waals surface area (Å²) >= 11 is 0. The normalized spacial score (nSPS) is 11.6. The topological polar surface area (TPSA) is 185 Å². The predicted molar refractivity (Wildman–Crippen MR) is 131 cm³/mol. The lowest BCUT2D eigenvalue weighted by Gasteiger charge is -2.07. The minimum Gasteiger partial charge on any atom is -0.382 e. The van der Waals surface area contributed by atoms with Crippen molar-refractivity contribution in [3.63, 3.8) is 0 Å². The molecule has 0 radical (unpaired) electrons. The Morgan fingerprint density at radius 1 is 0.167 bits per heavy atom. The molecule has 0 amide bonds. The van der Waals surface area contributed by atoms with Crippen LogP contribution in [0.2, 0.25) is 0 Å². The van der Waals surface area contributed by atoms with Crippen molar-refractivity contribution in [2.45, 2.75) is 0 Å². The third-order valence-electron chi connectivity index (χ3n) is 3.49. The monoisotopic (exact) mass is 630 g/mol. The van der Waals surface area contributed by atoms with E-state index >= 15 is 0 Å². The second-order valence-corrected chi connectivity index (χ2v) is 6.78. The molecule has 0 aromatic heterocycles. The molecule has 0 saturated carbocycles. The van der Waals surface area contributed by atoms with Gasteiger partial charge in [0.2, 0.25) is 0 Å². The summed E-state index contributed by atoms with van der Waals surface area (Å²) in [6, 6.07) is 0. The number of hydrogen-bond donors (Lipinski definition) is 0. The van der Waals surface area contributed by atoms with E-state index in [4.69, 9.17) is 97.5 Å². The highest BCUT2D eigenvalue weighted by molar-refractivity contribution is 4.25. The largest absolute Gasteiger partial charge is 0.382 e. The lowest BCUT2D eigenvalue weighted by Crippen LogP contribution is -2.13. The van der Waals surface area contributed by atoms with E-state index in [2.05, 4.69) is 0 Å². The molecular formula is C22H46O20. The average molecular weight is 631 g/mol. The van der Waals surface area contributed by atoms with E-state index in [0.29, 0.717) is 26.4 Å². The van der Waals surface area contributed by atoms with Gasteiger partial charge in [-0.15, -0.1) is 0 Å². The Kier molecular flexibility index (Phi) is 39.4. The molecule has 0 N–H and O–H groups in total. The minimum absolute atomic E-state index is 0.136. The molecule has 0 fully saturated rings. The standard InChI is InChI=1S/C22H46O20/c1-23-3-5-25-27-7-9-29-31-11-13-33-35-15-17-37-39-19-21-41-42-22-20-40-38-18-16-36-34-14-12-32-30-10-8-28-26-6-4-24-2/h3-22H2,1-2H3. The molecule has 0 atom stereocenters. The number of hydrogen-bond acceptors (Lipinski definition) is 20. The van der Waals surface area contributed by atoms with Crippen LogP contribution in [-0.4, -0.2) is 146 Å². The fraction of sp³-hybridized carbons (Fsp3) is 1.00. The summed E-state index contributed by atoms with van der Waals surface area (Å²) in [6.07, 6.45) is 0. The minimum atomic E-state index is 0.136. The van der Waals surface area contributed by atoms with Crippen LogP contribution in [0.1, 0.15) is 0 Å². The summed E-state index contributed by atoms with van der Waals surface area (Å²) in [5.41, 5.74) is 0. The van der Waals surface area contributed by atoms with Gasteiger partial charge >= 0.3 is 0 Å². The highest BCUT2D eigenvalue weighted by Crippen LogP contribution is 1.89. The molecule has 0 aliphatic heterocycles. The molecule has 0 heterocycles. The van der Waals surface area contributed by atoms with E-state index in [9.17, 15) is 0 Å². The zero-order valence-corrected chi connectivity index (χ0v) is 24.3. The molecule has 0 aliphatic carbocycles. The highest BCUT2D eigenvalue weighted by atomic mass is 17.3. The van der Waals surface area contributed by atoms with Crippen molar-refractivity contribution in [2.24, 2.45) is 0 Å². The maximum absolute atomic E-state index is 4.87. The Labute approximate surface area is 244 Å². The van der Waals surface area contributed by atoms with Crippen LogP contribution in [0.25, 0.3) is 0 Å². The van der Waals surface area contributed by atoms with Gasteiger partial charge in [0.05, 0.1) is 13.2 Å². The zero-order chi connectivity index (χ0) is 30.3. The van der Waals surface area contributed by atoms with E-state index in [1.165, 1.54) is 0 Å². The summed E-state index contributed by atoms with van der Waals surface area (Å²) in [4.78, 5) is 87.1. The summed E-state index contributed by atoms with van der Waals surface area (Å²) < 4.78 is 9.57. The third-order valence-corrected chi connectivity index (χ3v) is 3.49. The molecule has 20 nitrogen and oxygen atoms in total. The fourth-order valence-electron chi connectivity index (χ4n) is 1.84. The van der Waals surface area contributed by atoms with Crippen LogP contribution in [0.3, 0.4) is 0 Å². The Balaban J connectivity index is 3.02. The predicted octanol–water partition coefficient (Wildman–Crippen LogP) is -0.187. The Morgan fingerprint density at radius 2 is 0.262 bits per heavy atom. The molecule has 0 aromatic rings. The maximum atomic E-state index is 4.87. The van der Waals surface area contributed by atoms with Crippen molar-refractivity contribution in [3.05, 3.63) is 0 Å². The van der Waals surface area contributed by atoms with E-state index in [-0.39, 0.29) is 106 Å². The van der Waals surface area contributed by atoms with E-state index < -0.39 is 0 Å². The molecule has 0 spiro atoms. The third kappa shape index (κ3) is 39.2. The second kappa shape index (κ2) is 40.2. The van der Waals surface area contributed by atoms with Crippen LogP contribution >= 0.6 is 0 Å². The average Bonchev–Trinajstić information content (AvgIpc) is 3.00. The van der Waals surface area contributed by atoms with Crippen LogP contribution in [0.5, 0.6) is 0 Å². The van der Waals surface area contributed by atoms with Gasteiger partial charge in [-0.25, -0.2) is 88.0 Å². The Morgan fingerprint density at radius 3 is 0.357 bits per heavy atom. The first kappa shape index (κ1) is 41.2. The molecule has 254 valence electrons. The van der Waals surface area contributed by atoms with Gasteiger partial charge in [-0.05, 0) is 0 Å². The van der Waals surface area contributed by atoms with Gasteiger partial charge in [0, 0.05) is 14.2 Å². The van der Waals surface area contributed by atoms with Crippen LogP contribution in [0.15, 0.2) is 0 Å². The number of methoxy groups -OCH3 is 2. The smallest absolute Gasteiger partial charge is 0.109 e. The molecule has 0 unspecified atom stereocenters. The molecule has 0 saturated heterocycles. The van der Waals surface area contributed by atoms with Crippen molar-refractivity contribution < 1.29 is 97.5 Å². The Bertz CT molecular complexity index is 428. The first-order chi connectivity index (χ1) is 20.9. The molecular weight excluding hydrogens is 584 g/mol. The van der Waals surface area contributed by atoms with E-state index in [1.54, 1.807) is 14.2 Å². The summed E-state index contributed by atoms with van der Waals surface area (Å²) in [7, 11) is 3.14. The van der Waals surface area contributed by atoms with Crippen molar-refractivity contribution >= 4 is 0 Å². The second-order valence-electron chi connectivity index (χ2n) is 6.78. The van der Waals surface area contributed by atoms with Crippen molar-refractivity contribution in [2.75, 3.05) is 146 Å². The quantitative estimate of drug-likeness (QED) is 0.0494. The summed E-state index contributed by atoms with van der Waals surface area (Å²) in [5, 5.41) is 0.